The van der Waals surface area contributed by atoms with E-state index in [4.69, 9.17) is 4.74 Å². The van der Waals surface area contributed by atoms with Crippen LogP contribution in [-0.4, -0.2) is 59.1 Å². The zero-order chi connectivity index (χ0) is 15.0. The number of hydrogen-bond donors (Lipinski definition) is 0. The molecule has 0 radical (unpaired) electrons. The van der Waals surface area contributed by atoms with Crippen molar-refractivity contribution in [3.63, 3.8) is 0 Å². The highest BCUT2D eigenvalue weighted by molar-refractivity contribution is 5.94. The summed E-state index contributed by atoms with van der Waals surface area (Å²) in [6.07, 6.45) is 2.86. The molecular formula is C15H19N3O3. The zero-order valence-electron chi connectivity index (χ0n) is 12.3. The number of amides is 2. The van der Waals surface area contributed by atoms with Crippen LogP contribution in [-0.2, 0) is 11.2 Å². The normalized spacial score (nSPS) is 24.8. The first-order valence-corrected chi connectivity index (χ1v) is 7.21. The van der Waals surface area contributed by atoms with Gasteiger partial charge in [-0.25, -0.2) is 4.79 Å². The second kappa shape index (κ2) is 5.02. The molecule has 1 atom stereocenters. The summed E-state index contributed by atoms with van der Waals surface area (Å²) in [6.45, 7) is 3.64. The molecule has 3 heterocycles. The van der Waals surface area contributed by atoms with Crippen LogP contribution >= 0.6 is 0 Å². The van der Waals surface area contributed by atoms with Crippen molar-refractivity contribution in [2.75, 3.05) is 26.7 Å². The van der Waals surface area contributed by atoms with Crippen molar-refractivity contribution in [2.24, 2.45) is 0 Å². The molecule has 21 heavy (non-hydrogen) atoms. The van der Waals surface area contributed by atoms with Gasteiger partial charge in [0.2, 0.25) is 0 Å². The molecule has 0 unspecified atom stereocenters. The number of aromatic nitrogens is 1. The molecule has 2 fully saturated rings. The van der Waals surface area contributed by atoms with Gasteiger partial charge in [-0.2, -0.15) is 0 Å². The lowest BCUT2D eigenvalue weighted by atomic mass is 10.0. The molecule has 2 aliphatic heterocycles. The number of likely N-dealkylation sites (N-methyl/N-ethyl adjacent to an activating group) is 1. The van der Waals surface area contributed by atoms with E-state index < -0.39 is 5.60 Å². The van der Waals surface area contributed by atoms with Crippen molar-refractivity contribution in [3.05, 3.63) is 29.6 Å². The fourth-order valence-corrected chi connectivity index (χ4v) is 3.01. The number of pyridine rings is 1. The fraction of sp³-hybridized carbons (Fsp3) is 0.533. The molecular weight excluding hydrogens is 270 g/mol. The topological polar surface area (TPSA) is 62.7 Å². The minimum absolute atomic E-state index is 0.0189. The number of nitrogens with zero attached hydrogens (tertiary/aromatic N) is 3. The lowest BCUT2D eigenvalue weighted by Gasteiger charge is -2.21. The highest BCUT2D eigenvalue weighted by Gasteiger charge is 2.49. The molecule has 2 amide bonds. The van der Waals surface area contributed by atoms with E-state index in [1.54, 1.807) is 29.1 Å². The van der Waals surface area contributed by atoms with E-state index in [-0.39, 0.29) is 12.0 Å². The molecule has 1 aromatic rings. The molecule has 0 aliphatic carbocycles. The molecule has 0 bridgehead atoms. The summed E-state index contributed by atoms with van der Waals surface area (Å²) in [4.78, 5) is 31.7. The van der Waals surface area contributed by atoms with E-state index in [2.05, 4.69) is 4.98 Å². The molecule has 0 N–H and O–H groups in total. The van der Waals surface area contributed by atoms with Gasteiger partial charge in [-0.05, 0) is 18.6 Å². The highest BCUT2D eigenvalue weighted by Crippen LogP contribution is 2.32. The predicted molar refractivity (Wildman–Crippen MR) is 76.0 cm³/mol. The van der Waals surface area contributed by atoms with Gasteiger partial charge in [0.25, 0.3) is 5.91 Å². The first kappa shape index (κ1) is 13.9. The van der Waals surface area contributed by atoms with Gasteiger partial charge in [0.05, 0.1) is 13.1 Å². The number of hydrogen-bond acceptors (Lipinski definition) is 4. The van der Waals surface area contributed by atoms with Crippen molar-refractivity contribution in [3.8, 4) is 0 Å². The van der Waals surface area contributed by atoms with Crippen LogP contribution < -0.4 is 0 Å². The van der Waals surface area contributed by atoms with Crippen LogP contribution in [0.1, 0.15) is 29.4 Å². The number of rotatable bonds is 2. The number of ether oxygens (including phenoxy) is 1. The number of carbonyl (C=O) groups is 2. The summed E-state index contributed by atoms with van der Waals surface area (Å²) in [6, 6.07) is 3.57. The van der Waals surface area contributed by atoms with Crippen molar-refractivity contribution >= 4 is 12.0 Å². The number of likely N-dealkylation sites (tertiary alicyclic amines) is 1. The van der Waals surface area contributed by atoms with Crippen molar-refractivity contribution < 1.29 is 14.3 Å². The van der Waals surface area contributed by atoms with Crippen LogP contribution in [0.2, 0.25) is 0 Å². The van der Waals surface area contributed by atoms with Crippen LogP contribution in [0.4, 0.5) is 4.79 Å². The Morgan fingerprint density at radius 1 is 1.48 bits per heavy atom. The first-order chi connectivity index (χ1) is 10.0. The quantitative estimate of drug-likeness (QED) is 0.823. The smallest absolute Gasteiger partial charge is 0.410 e. The summed E-state index contributed by atoms with van der Waals surface area (Å²) < 4.78 is 5.46. The Morgan fingerprint density at radius 3 is 2.95 bits per heavy atom. The lowest BCUT2D eigenvalue weighted by molar-refractivity contribution is 0.0553. The number of aryl methyl sites for hydroxylation is 1. The van der Waals surface area contributed by atoms with E-state index in [0.717, 1.165) is 12.1 Å². The maximum absolute atomic E-state index is 12.6. The fourth-order valence-electron chi connectivity index (χ4n) is 3.01. The average molecular weight is 289 g/mol. The summed E-state index contributed by atoms with van der Waals surface area (Å²) >= 11 is 0. The minimum atomic E-state index is -0.526. The third-order valence-electron chi connectivity index (χ3n) is 4.17. The molecule has 0 saturated carbocycles. The molecule has 112 valence electrons. The molecule has 2 aliphatic rings. The maximum atomic E-state index is 12.6. The monoisotopic (exact) mass is 289 g/mol. The van der Waals surface area contributed by atoms with E-state index in [1.807, 2.05) is 13.0 Å². The first-order valence-electron chi connectivity index (χ1n) is 7.21. The molecule has 2 saturated heterocycles. The molecule has 0 aromatic carbocycles. The lowest BCUT2D eigenvalue weighted by Crippen LogP contribution is -2.39. The summed E-state index contributed by atoms with van der Waals surface area (Å²) in [5, 5.41) is 0. The van der Waals surface area contributed by atoms with Gasteiger partial charge in [-0.1, -0.05) is 6.92 Å². The molecule has 6 nitrogen and oxygen atoms in total. The van der Waals surface area contributed by atoms with Gasteiger partial charge in [-0.15, -0.1) is 0 Å². The van der Waals surface area contributed by atoms with Crippen LogP contribution in [0.15, 0.2) is 18.3 Å². The van der Waals surface area contributed by atoms with Crippen molar-refractivity contribution in [1.82, 2.24) is 14.8 Å². The summed E-state index contributed by atoms with van der Waals surface area (Å²) in [5.74, 6) is -0.0189. The standard InChI is InChI=1S/C15H19N3O3/c1-3-12-8-11(4-6-16-12)13(19)18-7-5-15(10-18)9-17(2)14(20)21-15/h4,6,8H,3,5,7,9-10H2,1-2H3/t15-/m1/s1. The Bertz CT molecular complexity index is 589. The van der Waals surface area contributed by atoms with E-state index >= 15 is 0 Å². The Hall–Kier alpha value is -2.11. The summed E-state index contributed by atoms with van der Waals surface area (Å²) in [7, 11) is 1.72. The Kier molecular flexibility index (Phi) is 3.31. The average Bonchev–Trinajstić information content (AvgIpc) is 3.02. The van der Waals surface area contributed by atoms with Crippen molar-refractivity contribution in [1.29, 1.82) is 0 Å². The van der Waals surface area contributed by atoms with E-state index in [1.165, 1.54) is 0 Å². The maximum Gasteiger partial charge on any atom is 0.410 e. The zero-order valence-corrected chi connectivity index (χ0v) is 12.3. The molecule has 3 rings (SSSR count). The van der Waals surface area contributed by atoms with Gasteiger partial charge in [-0.3, -0.25) is 9.78 Å². The Labute approximate surface area is 123 Å². The van der Waals surface area contributed by atoms with E-state index in [0.29, 0.717) is 31.6 Å². The largest absolute Gasteiger partial charge is 0.439 e. The van der Waals surface area contributed by atoms with Gasteiger partial charge in [0, 0.05) is 37.5 Å². The molecule has 1 aromatic heterocycles. The predicted octanol–water partition coefficient (Wildman–Crippen LogP) is 1.31. The van der Waals surface area contributed by atoms with Gasteiger partial charge in [0.15, 0.2) is 5.60 Å². The van der Waals surface area contributed by atoms with Crippen LogP contribution in [0, 0.1) is 0 Å². The third kappa shape index (κ3) is 2.46. The minimum Gasteiger partial charge on any atom is -0.439 e. The molecule has 1 spiro atoms. The second-order valence-corrected chi connectivity index (χ2v) is 5.77. The second-order valence-electron chi connectivity index (χ2n) is 5.77. The third-order valence-corrected chi connectivity index (χ3v) is 4.17. The van der Waals surface area contributed by atoms with E-state index in [9.17, 15) is 9.59 Å². The van der Waals surface area contributed by atoms with Gasteiger partial charge in [0.1, 0.15) is 0 Å². The van der Waals surface area contributed by atoms with Crippen LogP contribution in [0.5, 0.6) is 0 Å². The SMILES string of the molecule is CCc1cc(C(=O)N2CC[C@@]3(CN(C)C(=O)O3)C2)ccn1. The van der Waals surface area contributed by atoms with Crippen molar-refractivity contribution in [2.45, 2.75) is 25.4 Å². The Balaban J connectivity index is 1.74. The molecule has 6 heteroatoms. The summed E-state index contributed by atoms with van der Waals surface area (Å²) in [5.41, 5.74) is 1.03. The van der Waals surface area contributed by atoms with Gasteiger partial charge >= 0.3 is 6.09 Å². The number of carbonyl (C=O) groups excluding carboxylic acids is 2. The Morgan fingerprint density at radius 2 is 2.29 bits per heavy atom. The van der Waals surface area contributed by atoms with Crippen LogP contribution in [0.3, 0.4) is 0 Å². The van der Waals surface area contributed by atoms with Crippen LogP contribution in [0.25, 0.3) is 0 Å². The highest BCUT2D eigenvalue weighted by atomic mass is 16.6. The van der Waals surface area contributed by atoms with Gasteiger partial charge < -0.3 is 14.5 Å².